The van der Waals surface area contributed by atoms with Crippen molar-refractivity contribution in [1.29, 1.82) is 0 Å². The fraction of sp³-hybridized carbons (Fsp3) is 0.600. The minimum Gasteiger partial charge on any atom is -1.00 e. The molecule has 3 aliphatic carbocycles. The molecule has 0 spiro atoms. The largest absolute Gasteiger partial charge is 3.00 e. The zero-order valence-corrected chi connectivity index (χ0v) is 18.1. The van der Waals surface area contributed by atoms with Crippen molar-refractivity contribution < 1.29 is 51.0 Å². The van der Waals surface area contributed by atoms with E-state index in [1.807, 2.05) is 0 Å². The summed E-state index contributed by atoms with van der Waals surface area (Å²) in [5.41, 5.74) is 6.59. The molecule has 0 aromatic carbocycles. The third kappa shape index (κ3) is 5.72. The average molecular weight is 430 g/mol. The molecule has 0 N–H and O–H groups in total. The monoisotopic (exact) mass is 427 g/mol. The molecular formula is C20H27Cl2Zr. The van der Waals surface area contributed by atoms with Crippen LogP contribution in [0, 0.1) is 12.0 Å². The molecule has 23 heavy (non-hydrogen) atoms. The van der Waals surface area contributed by atoms with Gasteiger partial charge in [0.2, 0.25) is 0 Å². The molecule has 0 saturated carbocycles. The van der Waals surface area contributed by atoms with Crippen molar-refractivity contribution in [3.8, 4) is 0 Å². The average Bonchev–Trinajstić information content (AvgIpc) is 3.18. The first kappa shape index (κ1) is 23.4. The normalized spacial score (nSPS) is 20.7. The van der Waals surface area contributed by atoms with Crippen LogP contribution in [0.2, 0.25) is 0 Å². The summed E-state index contributed by atoms with van der Waals surface area (Å²) in [5.74, 6) is 0.559. The number of fused-ring (bicyclic) bond motifs is 1. The van der Waals surface area contributed by atoms with Gasteiger partial charge in [0.1, 0.15) is 0 Å². The van der Waals surface area contributed by atoms with E-state index in [4.69, 9.17) is 0 Å². The van der Waals surface area contributed by atoms with E-state index in [2.05, 4.69) is 31.2 Å². The molecule has 2 bridgehead atoms. The molecular weight excluding hydrogens is 402 g/mol. The summed E-state index contributed by atoms with van der Waals surface area (Å²) in [5, 5.41) is 0. The molecule has 0 aliphatic heterocycles. The Labute approximate surface area is 173 Å². The van der Waals surface area contributed by atoms with Crippen molar-refractivity contribution in [1.82, 2.24) is 0 Å². The first-order valence-electron chi connectivity index (χ1n) is 8.60. The minimum atomic E-state index is 0. The van der Waals surface area contributed by atoms with E-state index >= 15 is 0 Å². The van der Waals surface area contributed by atoms with Gasteiger partial charge in [-0.05, 0) is 12.8 Å². The van der Waals surface area contributed by atoms with Crippen LogP contribution in [0.25, 0.3) is 0 Å². The Kier molecular flexibility index (Phi) is 12.1. The summed E-state index contributed by atoms with van der Waals surface area (Å²) < 4.78 is 0. The van der Waals surface area contributed by atoms with Crippen molar-refractivity contribution in [3.63, 3.8) is 0 Å². The van der Waals surface area contributed by atoms with Crippen LogP contribution in [0.4, 0.5) is 0 Å². The maximum atomic E-state index is 3.78. The minimum absolute atomic E-state index is 0. The molecule has 0 heterocycles. The summed E-state index contributed by atoms with van der Waals surface area (Å²) in [6, 6.07) is 0. The standard InChI is InChI=1S/C20H27.2ClH.Zr/c1-2-3-4-5-6-7-12-18-17-13-14-19(18)20(15-17)16-10-8-9-11-16;;;/h8-10,20H,2-7,11-14H2,1H3;2*1H;/q-1;;;+3/p-2. The molecule has 125 valence electrons. The van der Waals surface area contributed by atoms with Crippen LogP contribution in [-0.4, -0.2) is 0 Å². The molecule has 3 aliphatic rings. The molecule has 0 aromatic heterocycles. The van der Waals surface area contributed by atoms with Crippen molar-refractivity contribution in [2.45, 2.75) is 71.1 Å². The summed E-state index contributed by atoms with van der Waals surface area (Å²) in [6.07, 6.45) is 24.1. The predicted octanol–water partition coefficient (Wildman–Crippen LogP) is 0.0786. The molecule has 0 amide bonds. The molecule has 1 atom stereocenters. The van der Waals surface area contributed by atoms with E-state index in [0.29, 0.717) is 5.92 Å². The molecule has 3 heteroatoms. The van der Waals surface area contributed by atoms with Crippen LogP contribution in [0.5, 0.6) is 0 Å². The SMILES string of the molecule is CCCCCCCCC1=C2CCC1=[C-]C2C1=CC=CC1.[Cl-].[Cl-].[Zr+3]. The van der Waals surface area contributed by atoms with Gasteiger partial charge in [-0.2, -0.15) is 11.1 Å². The number of hydrogen-bond donors (Lipinski definition) is 0. The number of hydrogen-bond acceptors (Lipinski definition) is 0. The van der Waals surface area contributed by atoms with E-state index in [1.54, 1.807) is 22.3 Å². The van der Waals surface area contributed by atoms with Gasteiger partial charge in [-0.15, -0.1) is 0 Å². The number of unbranched alkanes of at least 4 members (excludes halogenated alkanes) is 5. The Balaban J connectivity index is 0.00000161. The third-order valence-electron chi connectivity index (χ3n) is 5.01. The van der Waals surface area contributed by atoms with Gasteiger partial charge in [-0.3, -0.25) is 6.08 Å². The first-order chi connectivity index (χ1) is 9.90. The molecule has 0 aromatic rings. The molecule has 3 rings (SSSR count). The molecule has 1 unspecified atom stereocenters. The smallest absolute Gasteiger partial charge is 1.00 e. The van der Waals surface area contributed by atoms with Crippen molar-refractivity contribution >= 4 is 0 Å². The van der Waals surface area contributed by atoms with Gasteiger partial charge in [-0.25, -0.2) is 5.57 Å². The Morgan fingerprint density at radius 3 is 2.48 bits per heavy atom. The van der Waals surface area contributed by atoms with Crippen molar-refractivity contribution in [3.05, 3.63) is 46.6 Å². The predicted molar refractivity (Wildman–Crippen MR) is 86.3 cm³/mol. The van der Waals surface area contributed by atoms with Crippen LogP contribution >= 0.6 is 0 Å². The Bertz CT molecular complexity index is 486. The second-order valence-electron chi connectivity index (χ2n) is 6.45. The Morgan fingerprint density at radius 1 is 1.04 bits per heavy atom. The van der Waals surface area contributed by atoms with E-state index in [0.717, 1.165) is 6.42 Å². The van der Waals surface area contributed by atoms with Gasteiger partial charge in [-0.1, -0.05) is 88.0 Å². The van der Waals surface area contributed by atoms with E-state index < -0.39 is 0 Å². The quantitative estimate of drug-likeness (QED) is 0.379. The van der Waals surface area contributed by atoms with Crippen LogP contribution in [-0.2, 0) is 26.2 Å². The number of halogens is 2. The third-order valence-corrected chi connectivity index (χ3v) is 5.01. The Morgan fingerprint density at radius 2 is 1.78 bits per heavy atom. The zero-order valence-electron chi connectivity index (χ0n) is 14.1. The van der Waals surface area contributed by atoms with Crippen LogP contribution < -0.4 is 24.8 Å². The maximum Gasteiger partial charge on any atom is 3.00 e. The van der Waals surface area contributed by atoms with E-state index in [9.17, 15) is 0 Å². The van der Waals surface area contributed by atoms with Gasteiger partial charge in [0.15, 0.2) is 0 Å². The Hall–Kier alpha value is 0.423. The first-order valence-corrected chi connectivity index (χ1v) is 8.60. The molecule has 1 radical (unpaired) electrons. The summed E-state index contributed by atoms with van der Waals surface area (Å²) in [4.78, 5) is 0. The second kappa shape index (κ2) is 11.9. The van der Waals surface area contributed by atoms with Gasteiger partial charge in [0, 0.05) is 0 Å². The second-order valence-corrected chi connectivity index (χ2v) is 6.45. The van der Waals surface area contributed by atoms with Crippen LogP contribution in [0.1, 0.15) is 71.1 Å². The van der Waals surface area contributed by atoms with E-state index in [-0.39, 0.29) is 51.0 Å². The molecule has 0 saturated heterocycles. The number of rotatable bonds is 8. The van der Waals surface area contributed by atoms with E-state index in [1.165, 1.54) is 57.8 Å². The molecule has 0 fully saturated rings. The van der Waals surface area contributed by atoms with Crippen molar-refractivity contribution in [2.75, 3.05) is 0 Å². The summed E-state index contributed by atoms with van der Waals surface area (Å²) in [6.45, 7) is 2.29. The maximum absolute atomic E-state index is 3.78. The van der Waals surface area contributed by atoms with Gasteiger partial charge < -0.3 is 24.8 Å². The topological polar surface area (TPSA) is 0 Å². The molecule has 0 nitrogen and oxygen atoms in total. The summed E-state index contributed by atoms with van der Waals surface area (Å²) >= 11 is 0. The summed E-state index contributed by atoms with van der Waals surface area (Å²) in [7, 11) is 0. The fourth-order valence-corrected chi connectivity index (χ4v) is 3.88. The van der Waals surface area contributed by atoms with Crippen molar-refractivity contribution in [2.24, 2.45) is 5.92 Å². The number of allylic oxidation sites excluding steroid dienone is 8. The van der Waals surface area contributed by atoms with Gasteiger partial charge >= 0.3 is 26.2 Å². The van der Waals surface area contributed by atoms with Crippen LogP contribution in [0.15, 0.2) is 40.5 Å². The zero-order chi connectivity index (χ0) is 13.8. The van der Waals surface area contributed by atoms with Crippen LogP contribution in [0.3, 0.4) is 0 Å². The fourth-order valence-electron chi connectivity index (χ4n) is 3.88. The van der Waals surface area contributed by atoms with Gasteiger partial charge in [0.05, 0.1) is 0 Å². The van der Waals surface area contributed by atoms with Gasteiger partial charge in [0.25, 0.3) is 0 Å².